The van der Waals surface area contributed by atoms with Crippen LogP contribution in [0.5, 0.6) is 11.5 Å². The van der Waals surface area contributed by atoms with Gasteiger partial charge in [0.15, 0.2) is 0 Å². The molecular weight excluding hydrogens is 512 g/mol. The summed E-state index contributed by atoms with van der Waals surface area (Å²) in [6.07, 6.45) is 1.73. The molecule has 40 heavy (non-hydrogen) atoms. The molecule has 3 aromatic carbocycles. The second-order valence-corrected chi connectivity index (χ2v) is 10.1. The summed E-state index contributed by atoms with van der Waals surface area (Å²) >= 11 is 0. The van der Waals surface area contributed by atoms with E-state index in [-0.39, 0.29) is 19.1 Å². The Balaban J connectivity index is 0.00000106. The molecule has 5 nitrogen and oxygen atoms in total. The van der Waals surface area contributed by atoms with Crippen molar-refractivity contribution < 1.29 is 28.5 Å². The number of halogens is 2. The van der Waals surface area contributed by atoms with E-state index in [4.69, 9.17) is 9.47 Å². The van der Waals surface area contributed by atoms with E-state index in [0.717, 1.165) is 16.7 Å². The number of aryl methyl sites for hydroxylation is 2. The second-order valence-electron chi connectivity index (χ2n) is 10.1. The molecule has 216 valence electrons. The monoisotopic (exact) mass is 553 g/mol. The van der Waals surface area contributed by atoms with E-state index in [1.807, 2.05) is 42.2 Å². The van der Waals surface area contributed by atoms with Crippen LogP contribution in [0.2, 0.25) is 0 Å². The van der Waals surface area contributed by atoms with Gasteiger partial charge in [0.1, 0.15) is 47.5 Å². The van der Waals surface area contributed by atoms with Crippen LogP contribution in [0.1, 0.15) is 43.9 Å². The predicted octanol–water partition coefficient (Wildman–Crippen LogP) is 6.10. The summed E-state index contributed by atoms with van der Waals surface area (Å²) in [6.45, 7) is 6.38. The van der Waals surface area contributed by atoms with E-state index < -0.39 is 24.4 Å². The minimum absolute atomic E-state index is 0. The molecule has 0 bridgehead atoms. The third-order valence-corrected chi connectivity index (χ3v) is 7.00. The standard InChI is InChI=1S/C29H31F2NO4.C3H6.CH4/c30-22-8-12-26-20(14-22)6-10-28(35-26)24(33)17-32(16-19-4-2-1-3-5-19)18-25(34)29-11-7-21-15-23(31)9-13-27(21)36-29;1-3-2;/h1-5,8-9,12-15,24-25,28-29,33-34H,6-7,10-11,16-18H2;3H,1H2,2H3;1H4. The molecule has 3 aromatic rings. The molecule has 2 aliphatic heterocycles. The fourth-order valence-electron chi connectivity index (χ4n) is 5.11. The number of aliphatic hydroxyl groups excluding tert-OH is 2. The van der Waals surface area contributed by atoms with Gasteiger partial charge in [-0.15, -0.1) is 6.58 Å². The molecule has 7 heteroatoms. The molecule has 2 N–H and O–H groups in total. The number of benzene rings is 3. The van der Waals surface area contributed by atoms with Crippen LogP contribution in [0.25, 0.3) is 0 Å². The zero-order valence-corrected chi connectivity index (χ0v) is 22.3. The molecule has 4 atom stereocenters. The van der Waals surface area contributed by atoms with E-state index in [1.54, 1.807) is 18.2 Å². The summed E-state index contributed by atoms with van der Waals surface area (Å²) in [5.41, 5.74) is 2.68. The molecule has 0 amide bonds. The largest absolute Gasteiger partial charge is 0.487 e. The summed E-state index contributed by atoms with van der Waals surface area (Å²) in [7, 11) is 0. The van der Waals surface area contributed by atoms with Gasteiger partial charge in [-0.05, 0) is 85.7 Å². The van der Waals surface area contributed by atoms with E-state index in [2.05, 4.69) is 6.58 Å². The summed E-state index contributed by atoms with van der Waals surface area (Å²) in [5.74, 6) is 0.619. The van der Waals surface area contributed by atoms with Crippen LogP contribution >= 0.6 is 0 Å². The topological polar surface area (TPSA) is 62.2 Å². The van der Waals surface area contributed by atoms with Crippen LogP contribution in [0.3, 0.4) is 0 Å². The van der Waals surface area contributed by atoms with Gasteiger partial charge in [0, 0.05) is 19.6 Å². The normalized spacial score (nSPS) is 18.9. The number of nitrogens with zero attached hydrogens (tertiary/aromatic N) is 1. The van der Waals surface area contributed by atoms with Gasteiger partial charge in [-0.2, -0.15) is 0 Å². The van der Waals surface area contributed by atoms with Crippen molar-refractivity contribution >= 4 is 0 Å². The number of rotatable bonds is 8. The maximum absolute atomic E-state index is 13.5. The quantitative estimate of drug-likeness (QED) is 0.330. The van der Waals surface area contributed by atoms with Crippen molar-refractivity contribution in [1.82, 2.24) is 4.90 Å². The highest BCUT2D eigenvalue weighted by atomic mass is 19.1. The first-order valence-corrected chi connectivity index (χ1v) is 13.5. The molecule has 0 spiro atoms. The molecule has 0 fully saturated rings. The molecule has 0 saturated carbocycles. The Hall–Kier alpha value is -3.26. The lowest BCUT2D eigenvalue weighted by atomic mass is 9.97. The Kier molecular flexibility index (Phi) is 11.7. The van der Waals surface area contributed by atoms with Crippen LogP contribution in [0.15, 0.2) is 79.4 Å². The van der Waals surface area contributed by atoms with Crippen LogP contribution in [0.4, 0.5) is 8.78 Å². The number of aliphatic hydroxyl groups is 2. The third kappa shape index (κ3) is 8.37. The fraction of sp³-hybridized carbons (Fsp3) is 0.394. The van der Waals surface area contributed by atoms with E-state index in [9.17, 15) is 19.0 Å². The maximum atomic E-state index is 13.5. The van der Waals surface area contributed by atoms with Crippen LogP contribution < -0.4 is 9.47 Å². The Morgan fingerprint density at radius 1 is 0.850 bits per heavy atom. The number of hydrogen-bond acceptors (Lipinski definition) is 5. The molecule has 5 rings (SSSR count). The minimum Gasteiger partial charge on any atom is -0.487 e. The van der Waals surface area contributed by atoms with Gasteiger partial charge >= 0.3 is 0 Å². The molecule has 2 heterocycles. The zero-order valence-electron chi connectivity index (χ0n) is 22.3. The Morgan fingerprint density at radius 2 is 1.30 bits per heavy atom. The smallest absolute Gasteiger partial charge is 0.126 e. The van der Waals surface area contributed by atoms with Gasteiger partial charge in [-0.25, -0.2) is 8.78 Å². The van der Waals surface area contributed by atoms with E-state index in [1.165, 1.54) is 24.3 Å². The van der Waals surface area contributed by atoms with Crippen molar-refractivity contribution in [3.05, 3.63) is 108 Å². The Morgan fingerprint density at radius 3 is 1.75 bits per heavy atom. The zero-order chi connectivity index (χ0) is 27.8. The van der Waals surface area contributed by atoms with Crippen LogP contribution in [-0.4, -0.2) is 52.6 Å². The third-order valence-electron chi connectivity index (χ3n) is 7.00. The number of fused-ring (bicyclic) bond motifs is 2. The van der Waals surface area contributed by atoms with Crippen molar-refractivity contribution in [2.75, 3.05) is 13.1 Å². The lowest BCUT2D eigenvalue weighted by Gasteiger charge is -2.35. The van der Waals surface area contributed by atoms with Gasteiger partial charge < -0.3 is 19.7 Å². The Labute approximate surface area is 236 Å². The van der Waals surface area contributed by atoms with Gasteiger partial charge in [0.25, 0.3) is 0 Å². The lowest BCUT2D eigenvalue weighted by Crippen LogP contribution is -2.48. The highest BCUT2D eigenvalue weighted by Gasteiger charge is 2.32. The lowest BCUT2D eigenvalue weighted by molar-refractivity contribution is -0.0295. The molecule has 4 unspecified atom stereocenters. The fourth-order valence-corrected chi connectivity index (χ4v) is 5.11. The summed E-state index contributed by atoms with van der Waals surface area (Å²) in [5, 5.41) is 22.2. The van der Waals surface area contributed by atoms with Gasteiger partial charge in [0.2, 0.25) is 0 Å². The predicted molar refractivity (Wildman–Crippen MR) is 155 cm³/mol. The van der Waals surface area contributed by atoms with Crippen molar-refractivity contribution in [3.8, 4) is 11.5 Å². The summed E-state index contributed by atoms with van der Waals surface area (Å²) in [4.78, 5) is 2.01. The average molecular weight is 554 g/mol. The highest BCUT2D eigenvalue weighted by Crippen LogP contribution is 2.31. The number of hydrogen-bond donors (Lipinski definition) is 2. The van der Waals surface area contributed by atoms with E-state index in [0.29, 0.717) is 56.8 Å². The number of ether oxygens (including phenoxy) is 2. The molecule has 2 aliphatic rings. The summed E-state index contributed by atoms with van der Waals surface area (Å²) < 4.78 is 39.1. The minimum atomic E-state index is -0.796. The summed E-state index contributed by atoms with van der Waals surface area (Å²) in [6, 6.07) is 18.8. The van der Waals surface area contributed by atoms with Gasteiger partial charge in [-0.1, -0.05) is 43.8 Å². The first-order valence-electron chi connectivity index (χ1n) is 13.5. The second kappa shape index (κ2) is 14.9. The highest BCUT2D eigenvalue weighted by molar-refractivity contribution is 5.37. The van der Waals surface area contributed by atoms with Crippen LogP contribution in [-0.2, 0) is 19.4 Å². The number of allylic oxidation sites excluding steroid dienone is 1. The van der Waals surface area contributed by atoms with Crippen molar-refractivity contribution in [3.63, 3.8) is 0 Å². The molecule has 0 aromatic heterocycles. The molecule has 0 radical (unpaired) electrons. The van der Waals surface area contributed by atoms with Crippen molar-refractivity contribution in [2.45, 2.75) is 71.0 Å². The molecule has 0 aliphatic carbocycles. The molecular formula is C33H41F2NO4. The van der Waals surface area contributed by atoms with Crippen LogP contribution in [0, 0.1) is 11.6 Å². The molecule has 0 saturated heterocycles. The van der Waals surface area contributed by atoms with E-state index >= 15 is 0 Å². The van der Waals surface area contributed by atoms with Gasteiger partial charge in [-0.3, -0.25) is 4.90 Å². The first kappa shape index (κ1) is 31.3. The van der Waals surface area contributed by atoms with Crippen molar-refractivity contribution in [1.29, 1.82) is 0 Å². The van der Waals surface area contributed by atoms with Crippen molar-refractivity contribution in [2.24, 2.45) is 0 Å². The first-order chi connectivity index (χ1) is 18.9. The van der Waals surface area contributed by atoms with Gasteiger partial charge in [0.05, 0.1) is 0 Å². The average Bonchev–Trinajstić information content (AvgIpc) is 2.93. The SMILES string of the molecule is C.C=CC.OC(CN(Cc1ccccc1)CC(O)C1CCc2cc(F)ccc2O1)C1CCc2cc(F)ccc2O1. The maximum Gasteiger partial charge on any atom is 0.126 e. The Bertz CT molecular complexity index is 1150.